The van der Waals surface area contributed by atoms with E-state index < -0.39 is 0 Å². The summed E-state index contributed by atoms with van der Waals surface area (Å²) in [6.07, 6.45) is 10.6. The highest BCUT2D eigenvalue weighted by atomic mass is 16.1. The molecule has 0 aliphatic carbocycles. The number of carbonyl (C=O) groups excluding carboxylic acids is 1. The molecule has 0 bridgehead atoms. The zero-order chi connectivity index (χ0) is 14.9. The van der Waals surface area contributed by atoms with Crippen LogP contribution in [-0.4, -0.2) is 22.4 Å². The second-order valence-electron chi connectivity index (χ2n) is 7.01. The molecule has 0 aromatic carbocycles. The van der Waals surface area contributed by atoms with Crippen LogP contribution in [0.25, 0.3) is 0 Å². The fourth-order valence-corrected chi connectivity index (χ4v) is 2.96. The Kier molecular flexibility index (Phi) is 8.36. The van der Waals surface area contributed by atoms with E-state index in [0.29, 0.717) is 0 Å². The number of hydrogen-bond acceptors (Lipinski definition) is 1. The number of hydrogen-bond donors (Lipinski definition) is 0. The van der Waals surface area contributed by atoms with Gasteiger partial charge < -0.3 is 4.90 Å². The van der Waals surface area contributed by atoms with Gasteiger partial charge >= 0.3 is 0 Å². The first kappa shape index (κ1) is 18.5. The SMILES string of the molecule is CCCCCC(C)(C)N(C=O)C(C)(C)CCCCC. The summed E-state index contributed by atoms with van der Waals surface area (Å²) in [5.74, 6) is 0. The highest BCUT2D eigenvalue weighted by Gasteiger charge is 2.35. The quantitative estimate of drug-likeness (QED) is 0.374. The van der Waals surface area contributed by atoms with E-state index in [9.17, 15) is 4.79 Å². The molecule has 0 aliphatic heterocycles. The summed E-state index contributed by atoms with van der Waals surface area (Å²) >= 11 is 0. The summed E-state index contributed by atoms with van der Waals surface area (Å²) in [6.45, 7) is 13.3. The number of unbranched alkanes of at least 4 members (excludes halogenated alkanes) is 4. The zero-order valence-corrected chi connectivity index (χ0v) is 14.1. The van der Waals surface area contributed by atoms with Crippen LogP contribution in [0.2, 0.25) is 0 Å². The average molecular weight is 269 g/mol. The van der Waals surface area contributed by atoms with Crippen LogP contribution in [0.4, 0.5) is 0 Å². The Morgan fingerprint density at radius 2 is 1.16 bits per heavy atom. The van der Waals surface area contributed by atoms with Gasteiger partial charge in [-0.05, 0) is 40.5 Å². The van der Waals surface area contributed by atoms with Crippen LogP contribution in [0.1, 0.15) is 92.9 Å². The van der Waals surface area contributed by atoms with E-state index in [1.165, 1.54) is 38.5 Å². The van der Waals surface area contributed by atoms with Crippen molar-refractivity contribution >= 4 is 6.41 Å². The molecule has 0 aromatic rings. The summed E-state index contributed by atoms with van der Waals surface area (Å²) in [5, 5.41) is 0. The highest BCUT2D eigenvalue weighted by Crippen LogP contribution is 2.31. The van der Waals surface area contributed by atoms with Gasteiger partial charge in [0, 0.05) is 11.1 Å². The first-order valence-corrected chi connectivity index (χ1v) is 8.06. The number of rotatable bonds is 11. The molecule has 0 radical (unpaired) electrons. The minimum absolute atomic E-state index is 0.0351. The normalized spacial score (nSPS) is 12.5. The van der Waals surface area contributed by atoms with Gasteiger partial charge in [0.1, 0.15) is 0 Å². The van der Waals surface area contributed by atoms with Crippen molar-refractivity contribution < 1.29 is 4.79 Å². The fraction of sp³-hybridized carbons (Fsp3) is 0.941. The van der Waals surface area contributed by atoms with Crippen LogP contribution in [0.5, 0.6) is 0 Å². The van der Waals surface area contributed by atoms with Gasteiger partial charge in [-0.3, -0.25) is 4.79 Å². The van der Waals surface area contributed by atoms with Crippen molar-refractivity contribution in [3.8, 4) is 0 Å². The second kappa shape index (κ2) is 8.60. The standard InChI is InChI=1S/C17H35NO/c1-7-9-11-13-16(3,4)18(15-19)17(5,6)14-12-10-8-2/h15H,7-14H2,1-6H3. The maximum Gasteiger partial charge on any atom is 0.210 e. The van der Waals surface area contributed by atoms with E-state index in [0.717, 1.165) is 19.3 Å². The third-order valence-electron chi connectivity index (χ3n) is 4.19. The van der Waals surface area contributed by atoms with Gasteiger partial charge in [0.05, 0.1) is 0 Å². The van der Waals surface area contributed by atoms with E-state index in [1.54, 1.807) is 0 Å². The number of nitrogens with zero attached hydrogens (tertiary/aromatic N) is 1. The molecule has 0 aliphatic rings. The maximum atomic E-state index is 11.6. The van der Waals surface area contributed by atoms with Crippen molar-refractivity contribution in [3.05, 3.63) is 0 Å². The van der Waals surface area contributed by atoms with Crippen molar-refractivity contribution in [3.63, 3.8) is 0 Å². The summed E-state index contributed by atoms with van der Waals surface area (Å²) in [7, 11) is 0. The first-order valence-electron chi connectivity index (χ1n) is 8.06. The summed E-state index contributed by atoms with van der Waals surface area (Å²) in [5.41, 5.74) is -0.0702. The van der Waals surface area contributed by atoms with Gasteiger partial charge in [0.15, 0.2) is 0 Å². The van der Waals surface area contributed by atoms with E-state index >= 15 is 0 Å². The van der Waals surface area contributed by atoms with Gasteiger partial charge in [-0.1, -0.05) is 52.4 Å². The highest BCUT2D eigenvalue weighted by molar-refractivity contribution is 5.50. The third-order valence-corrected chi connectivity index (χ3v) is 4.19. The average Bonchev–Trinajstić information content (AvgIpc) is 2.29. The van der Waals surface area contributed by atoms with E-state index in [1.807, 2.05) is 0 Å². The molecule has 0 atom stereocenters. The number of amides is 1. The van der Waals surface area contributed by atoms with Crippen LogP contribution in [0.3, 0.4) is 0 Å². The van der Waals surface area contributed by atoms with Crippen molar-refractivity contribution in [2.75, 3.05) is 0 Å². The van der Waals surface area contributed by atoms with Crippen molar-refractivity contribution in [1.29, 1.82) is 0 Å². The Hall–Kier alpha value is -0.530. The smallest absolute Gasteiger partial charge is 0.210 e. The lowest BCUT2D eigenvalue weighted by molar-refractivity contribution is -0.131. The topological polar surface area (TPSA) is 20.3 Å². The Morgan fingerprint density at radius 1 is 0.789 bits per heavy atom. The molecule has 2 nitrogen and oxygen atoms in total. The zero-order valence-electron chi connectivity index (χ0n) is 14.1. The van der Waals surface area contributed by atoms with Crippen LogP contribution in [0, 0.1) is 0 Å². The first-order chi connectivity index (χ1) is 8.81. The Labute approximate surface area is 120 Å². The van der Waals surface area contributed by atoms with Crippen LogP contribution in [0.15, 0.2) is 0 Å². The van der Waals surface area contributed by atoms with Crippen LogP contribution < -0.4 is 0 Å². The van der Waals surface area contributed by atoms with Gasteiger partial charge in [-0.15, -0.1) is 0 Å². The molecule has 0 unspecified atom stereocenters. The van der Waals surface area contributed by atoms with Crippen molar-refractivity contribution in [1.82, 2.24) is 4.90 Å². The third kappa shape index (κ3) is 6.44. The monoisotopic (exact) mass is 269 g/mol. The van der Waals surface area contributed by atoms with E-state index in [4.69, 9.17) is 0 Å². The largest absolute Gasteiger partial charge is 0.335 e. The van der Waals surface area contributed by atoms with Crippen molar-refractivity contribution in [2.24, 2.45) is 0 Å². The lowest BCUT2D eigenvalue weighted by Gasteiger charge is -2.47. The molecule has 114 valence electrons. The molecule has 0 spiro atoms. The lowest BCUT2D eigenvalue weighted by Crippen LogP contribution is -2.54. The van der Waals surface area contributed by atoms with Gasteiger partial charge in [-0.2, -0.15) is 0 Å². The summed E-state index contributed by atoms with van der Waals surface area (Å²) in [4.78, 5) is 13.7. The van der Waals surface area contributed by atoms with Crippen LogP contribution >= 0.6 is 0 Å². The van der Waals surface area contributed by atoms with Gasteiger partial charge in [0.25, 0.3) is 0 Å². The molecular formula is C17H35NO. The molecule has 0 heterocycles. The molecule has 0 N–H and O–H groups in total. The fourth-order valence-electron chi connectivity index (χ4n) is 2.96. The summed E-state index contributed by atoms with van der Waals surface area (Å²) < 4.78 is 0. The Bertz CT molecular complexity index is 224. The molecule has 0 rings (SSSR count). The predicted octanol–water partition coefficient (Wildman–Crippen LogP) is 5.16. The van der Waals surface area contributed by atoms with Crippen LogP contribution in [-0.2, 0) is 4.79 Å². The minimum atomic E-state index is -0.0351. The Morgan fingerprint density at radius 3 is 1.42 bits per heavy atom. The molecule has 2 heteroatoms. The molecule has 1 amide bonds. The number of carbonyl (C=O) groups is 1. The maximum absolute atomic E-state index is 11.6. The van der Waals surface area contributed by atoms with Crippen molar-refractivity contribution in [2.45, 2.75) is 104 Å². The van der Waals surface area contributed by atoms with E-state index in [-0.39, 0.29) is 11.1 Å². The predicted molar refractivity (Wildman–Crippen MR) is 84.3 cm³/mol. The minimum Gasteiger partial charge on any atom is -0.335 e. The Balaban J connectivity index is 4.61. The molecular weight excluding hydrogens is 234 g/mol. The summed E-state index contributed by atoms with van der Waals surface area (Å²) in [6, 6.07) is 0. The molecule has 0 aromatic heterocycles. The molecule has 0 saturated heterocycles. The molecule has 19 heavy (non-hydrogen) atoms. The van der Waals surface area contributed by atoms with E-state index in [2.05, 4.69) is 46.4 Å². The molecule has 0 fully saturated rings. The molecule has 0 saturated carbocycles. The second-order valence-corrected chi connectivity index (χ2v) is 7.01. The van der Waals surface area contributed by atoms with Gasteiger partial charge in [-0.25, -0.2) is 0 Å². The lowest BCUT2D eigenvalue weighted by atomic mass is 9.86. The van der Waals surface area contributed by atoms with Gasteiger partial charge in [0.2, 0.25) is 6.41 Å².